The van der Waals surface area contributed by atoms with Gasteiger partial charge >= 0.3 is 181 Å². The Bertz CT molecular complexity index is 1160. The van der Waals surface area contributed by atoms with Crippen LogP contribution in [0.25, 0.3) is 21.4 Å². The van der Waals surface area contributed by atoms with Crippen LogP contribution in [0.4, 0.5) is 19.0 Å². The van der Waals surface area contributed by atoms with Gasteiger partial charge < -0.3 is 0 Å². The molecule has 156 valence electrons. The van der Waals surface area contributed by atoms with E-state index in [0.29, 0.717) is 17.8 Å². The van der Waals surface area contributed by atoms with Gasteiger partial charge in [0.1, 0.15) is 0 Å². The van der Waals surface area contributed by atoms with Crippen molar-refractivity contribution < 1.29 is 17.7 Å². The quantitative estimate of drug-likeness (QED) is 0.400. The first-order valence-electron chi connectivity index (χ1n) is 9.06. The maximum absolute atomic E-state index is 12.7. The molecule has 4 N–H and O–H groups in total. The van der Waals surface area contributed by atoms with E-state index in [1.165, 1.54) is 12.1 Å². The van der Waals surface area contributed by atoms with E-state index in [1.807, 2.05) is 24.4 Å². The molecule has 2 heterocycles. The Morgan fingerprint density at radius 1 is 1.13 bits per heavy atom. The van der Waals surface area contributed by atoms with Crippen LogP contribution in [0.5, 0.6) is 0 Å². The van der Waals surface area contributed by atoms with E-state index in [-0.39, 0.29) is 6.04 Å². The van der Waals surface area contributed by atoms with E-state index < -0.39 is 27.5 Å². The fraction of sp³-hybridized carbons (Fsp3) is 0.200. The Morgan fingerprint density at radius 3 is 2.63 bits per heavy atom. The summed E-state index contributed by atoms with van der Waals surface area (Å²) >= 11 is 1.09. The number of halogens is 3. The third-order valence-corrected chi connectivity index (χ3v) is 9.27. The van der Waals surface area contributed by atoms with Crippen LogP contribution in [0.2, 0.25) is 5.21 Å². The molecule has 0 aliphatic heterocycles. The third-order valence-electron chi connectivity index (χ3n) is 4.58. The molecular formula is C20H18AsF3N4OS. The minimum absolute atomic E-state index is 0.109. The normalized spacial score (nSPS) is 13.5. The van der Waals surface area contributed by atoms with Gasteiger partial charge in [-0.1, -0.05) is 0 Å². The van der Waals surface area contributed by atoms with E-state index in [0.717, 1.165) is 42.5 Å². The average molecular weight is 494 g/mol. The molecule has 0 saturated heterocycles. The summed E-state index contributed by atoms with van der Waals surface area (Å²) in [6.45, 7) is 0. The molecule has 0 aliphatic rings. The molecule has 0 saturated carbocycles. The van der Waals surface area contributed by atoms with Crippen molar-refractivity contribution in [2.45, 2.75) is 23.8 Å². The number of rotatable bonds is 6. The summed E-state index contributed by atoms with van der Waals surface area (Å²) in [7, 11) is 0. The standard InChI is InChI=1S/C20H18AsF3N4OS/c22-20(23,24)13-4-1-11(2-5-13)7-14(25)9-21-19-27-10-17(30-19)12-3-6-16-15(8-12)18(26)28-29-16/h1-6,8,10,14,21H,7,9,25H2,(H2,26,28)/t14-/m1/s1. The number of nitrogen functional groups attached to an aromatic ring is 1. The molecule has 0 radical (unpaired) electrons. The van der Waals surface area contributed by atoms with Gasteiger partial charge in [0.05, 0.1) is 0 Å². The van der Waals surface area contributed by atoms with Gasteiger partial charge in [-0.25, -0.2) is 0 Å². The van der Waals surface area contributed by atoms with Crippen LogP contribution in [0.15, 0.2) is 53.2 Å². The zero-order chi connectivity index (χ0) is 21.3. The van der Waals surface area contributed by atoms with Crippen LogP contribution in [0.1, 0.15) is 11.1 Å². The topological polar surface area (TPSA) is 91.0 Å². The fourth-order valence-electron chi connectivity index (χ4n) is 3.02. The van der Waals surface area contributed by atoms with E-state index in [2.05, 4.69) is 10.1 Å². The Labute approximate surface area is 180 Å². The molecule has 2 aromatic heterocycles. The van der Waals surface area contributed by atoms with Crippen molar-refractivity contribution in [3.05, 3.63) is 59.8 Å². The van der Waals surface area contributed by atoms with Crippen LogP contribution in [0, 0.1) is 0 Å². The first-order chi connectivity index (χ1) is 14.3. The zero-order valence-corrected chi connectivity index (χ0v) is 18.5. The number of nitrogens with zero attached hydrogens (tertiary/aromatic N) is 2. The molecular weight excluding hydrogens is 476 g/mol. The number of thiazole rings is 1. The number of benzene rings is 2. The van der Waals surface area contributed by atoms with Gasteiger partial charge in [0.2, 0.25) is 0 Å². The molecule has 0 amide bonds. The summed E-state index contributed by atoms with van der Waals surface area (Å²) in [5, 5.41) is 5.35. The van der Waals surface area contributed by atoms with Gasteiger partial charge in [-0.05, 0) is 0 Å². The van der Waals surface area contributed by atoms with Crippen LogP contribution < -0.4 is 15.3 Å². The summed E-state index contributed by atoms with van der Waals surface area (Å²) in [4.78, 5) is 5.56. The predicted molar refractivity (Wildman–Crippen MR) is 114 cm³/mol. The van der Waals surface area contributed by atoms with Crippen molar-refractivity contribution in [1.29, 1.82) is 0 Å². The second kappa shape index (κ2) is 8.41. The molecule has 1 unspecified atom stereocenters. The fourth-order valence-corrected chi connectivity index (χ4v) is 6.88. The Hall–Kier alpha value is -2.35. The Balaban J connectivity index is 1.36. The molecule has 0 bridgehead atoms. The van der Waals surface area contributed by atoms with Gasteiger partial charge in [0, 0.05) is 0 Å². The van der Waals surface area contributed by atoms with Gasteiger partial charge in [-0.2, -0.15) is 0 Å². The molecule has 0 fully saturated rings. The van der Waals surface area contributed by atoms with E-state index in [4.69, 9.17) is 16.0 Å². The van der Waals surface area contributed by atoms with E-state index >= 15 is 0 Å². The van der Waals surface area contributed by atoms with Gasteiger partial charge in [0.15, 0.2) is 0 Å². The van der Waals surface area contributed by atoms with Crippen LogP contribution in [-0.2, 0) is 12.6 Å². The molecule has 0 spiro atoms. The molecule has 4 aromatic rings. The number of nitrogens with two attached hydrogens (primary N) is 2. The van der Waals surface area contributed by atoms with Gasteiger partial charge in [-0.3, -0.25) is 0 Å². The van der Waals surface area contributed by atoms with Crippen molar-refractivity contribution in [1.82, 2.24) is 10.1 Å². The third kappa shape index (κ3) is 4.69. The average Bonchev–Trinajstić information content (AvgIpc) is 3.33. The zero-order valence-electron chi connectivity index (χ0n) is 15.6. The number of aromatic nitrogens is 2. The number of hydrogen-bond acceptors (Lipinski definition) is 6. The Morgan fingerprint density at radius 2 is 1.90 bits per heavy atom. The first kappa shape index (κ1) is 20.9. The molecule has 4 rings (SSSR count). The van der Waals surface area contributed by atoms with Crippen LogP contribution in [-0.4, -0.2) is 31.9 Å². The number of alkyl halides is 3. The molecule has 30 heavy (non-hydrogen) atoms. The van der Waals surface area contributed by atoms with Gasteiger partial charge in [0.25, 0.3) is 0 Å². The van der Waals surface area contributed by atoms with Crippen molar-refractivity contribution in [3.8, 4) is 10.4 Å². The number of hydrogen-bond donors (Lipinski definition) is 2. The second-order valence-electron chi connectivity index (χ2n) is 6.85. The second-order valence-corrected chi connectivity index (χ2v) is 11.2. The van der Waals surface area contributed by atoms with Crippen molar-refractivity contribution in [2.75, 3.05) is 5.73 Å². The first-order valence-corrected chi connectivity index (χ1v) is 12.4. The Kier molecular flexibility index (Phi) is 5.86. The number of fused-ring (bicyclic) bond motifs is 1. The molecule has 2 atom stereocenters. The van der Waals surface area contributed by atoms with Crippen LogP contribution >= 0.6 is 11.3 Å². The minimum atomic E-state index is -4.32. The summed E-state index contributed by atoms with van der Waals surface area (Å²) in [5.41, 5.74) is 13.8. The molecule has 2 aromatic carbocycles. The summed E-state index contributed by atoms with van der Waals surface area (Å²) in [5.74, 6) is 0.360. The van der Waals surface area contributed by atoms with Crippen LogP contribution in [0.3, 0.4) is 0 Å². The van der Waals surface area contributed by atoms with Gasteiger partial charge in [-0.15, -0.1) is 0 Å². The maximum atomic E-state index is 12.7. The summed E-state index contributed by atoms with van der Waals surface area (Å²) in [6.07, 6.45) is -1.93. The molecule has 0 aliphatic carbocycles. The van der Waals surface area contributed by atoms with Crippen molar-refractivity contribution in [2.24, 2.45) is 5.73 Å². The van der Waals surface area contributed by atoms with E-state index in [9.17, 15) is 13.2 Å². The summed E-state index contributed by atoms with van der Waals surface area (Å²) < 4.78 is 44.2. The predicted octanol–water partition coefficient (Wildman–Crippen LogP) is 3.60. The SMILES string of the molecule is Nc1noc2ccc(-c3cnc([AsH]C[C@H](N)Cc4ccc(C(F)(F)F)cc4)s3)cc12. The number of anilines is 1. The van der Waals surface area contributed by atoms with Crippen molar-refractivity contribution >= 4 is 47.7 Å². The van der Waals surface area contributed by atoms with E-state index in [1.54, 1.807) is 11.3 Å². The summed E-state index contributed by atoms with van der Waals surface area (Å²) in [6, 6.07) is 10.8. The molecule has 10 heteroatoms. The monoisotopic (exact) mass is 494 g/mol. The van der Waals surface area contributed by atoms with Crippen molar-refractivity contribution in [3.63, 3.8) is 0 Å². The molecule has 5 nitrogen and oxygen atoms in total.